The van der Waals surface area contributed by atoms with Crippen LogP contribution < -0.4 is 10.2 Å². The summed E-state index contributed by atoms with van der Waals surface area (Å²) >= 11 is 0. The van der Waals surface area contributed by atoms with Crippen LogP contribution >= 0.6 is 0 Å². The Morgan fingerprint density at radius 1 is 1.33 bits per heavy atom. The van der Waals surface area contributed by atoms with Gasteiger partial charge in [0.15, 0.2) is 0 Å². The van der Waals surface area contributed by atoms with Gasteiger partial charge in [-0.2, -0.15) is 0 Å². The molecule has 0 saturated carbocycles. The average molecular weight is 251 g/mol. The maximum atomic E-state index is 5.46. The molecule has 1 aliphatic rings. The first kappa shape index (κ1) is 13.3. The van der Waals surface area contributed by atoms with Crippen molar-refractivity contribution in [3.05, 3.63) is 23.9 Å². The van der Waals surface area contributed by atoms with Crippen LogP contribution in [0.3, 0.4) is 0 Å². The number of anilines is 1. The molecule has 5 heteroatoms. The molecule has 0 aliphatic carbocycles. The van der Waals surface area contributed by atoms with E-state index in [1.54, 1.807) is 14.2 Å². The van der Waals surface area contributed by atoms with Crippen LogP contribution in [0.2, 0.25) is 0 Å². The quantitative estimate of drug-likeness (QED) is 0.832. The number of ether oxygens (including phenoxy) is 2. The average Bonchev–Trinajstić information content (AvgIpc) is 2.83. The Kier molecular flexibility index (Phi) is 4.52. The van der Waals surface area contributed by atoms with Crippen LogP contribution in [0, 0.1) is 0 Å². The molecule has 0 bridgehead atoms. The van der Waals surface area contributed by atoms with Crippen molar-refractivity contribution in [2.75, 3.05) is 39.3 Å². The van der Waals surface area contributed by atoms with Crippen LogP contribution in [-0.2, 0) is 16.0 Å². The molecule has 2 atom stereocenters. The van der Waals surface area contributed by atoms with Gasteiger partial charge in [-0.15, -0.1) is 0 Å². The first-order valence-corrected chi connectivity index (χ1v) is 6.19. The minimum Gasteiger partial charge on any atom is -0.377 e. The number of hydrogen-bond acceptors (Lipinski definition) is 5. The highest BCUT2D eigenvalue weighted by atomic mass is 16.5. The zero-order valence-corrected chi connectivity index (χ0v) is 11.2. The molecule has 0 aromatic carbocycles. The Balaban J connectivity index is 2.17. The molecular weight excluding hydrogens is 230 g/mol. The molecule has 5 nitrogen and oxygen atoms in total. The number of rotatable bonds is 5. The highest BCUT2D eigenvalue weighted by Crippen LogP contribution is 2.24. The van der Waals surface area contributed by atoms with E-state index in [0.29, 0.717) is 0 Å². The Labute approximate surface area is 108 Å². The third-order valence-electron chi connectivity index (χ3n) is 3.36. The molecule has 2 unspecified atom stereocenters. The van der Waals surface area contributed by atoms with Gasteiger partial charge < -0.3 is 19.7 Å². The number of methoxy groups -OCH3 is 2. The van der Waals surface area contributed by atoms with Crippen molar-refractivity contribution < 1.29 is 9.47 Å². The minimum absolute atomic E-state index is 0.111. The number of nitrogens with one attached hydrogen (secondary N) is 1. The molecule has 1 aliphatic heterocycles. The normalized spacial score (nSPS) is 23.6. The molecule has 1 aromatic rings. The second kappa shape index (κ2) is 6.13. The summed E-state index contributed by atoms with van der Waals surface area (Å²) in [6.45, 7) is 2.46. The van der Waals surface area contributed by atoms with E-state index in [1.807, 2.05) is 19.3 Å². The van der Waals surface area contributed by atoms with E-state index < -0.39 is 0 Å². The van der Waals surface area contributed by atoms with Crippen molar-refractivity contribution in [2.45, 2.75) is 18.8 Å². The van der Waals surface area contributed by atoms with Crippen LogP contribution in [0.1, 0.15) is 5.56 Å². The number of aromatic nitrogens is 1. The molecule has 1 saturated heterocycles. The van der Waals surface area contributed by atoms with Gasteiger partial charge in [-0.1, -0.05) is 6.07 Å². The second-order valence-corrected chi connectivity index (χ2v) is 4.47. The summed E-state index contributed by atoms with van der Waals surface area (Å²) in [5, 5.41) is 3.17. The van der Waals surface area contributed by atoms with Crippen LogP contribution in [-0.4, -0.2) is 51.5 Å². The monoisotopic (exact) mass is 251 g/mol. The van der Waals surface area contributed by atoms with Gasteiger partial charge in [0, 0.05) is 45.6 Å². The summed E-state index contributed by atoms with van der Waals surface area (Å²) in [5.41, 5.74) is 1.20. The largest absolute Gasteiger partial charge is 0.377 e. The van der Waals surface area contributed by atoms with Crippen LogP contribution in [0.25, 0.3) is 0 Å². The summed E-state index contributed by atoms with van der Waals surface area (Å²) in [6, 6.07) is 4.06. The third kappa shape index (κ3) is 2.63. The molecule has 0 radical (unpaired) electrons. The van der Waals surface area contributed by atoms with Crippen LogP contribution in [0.4, 0.5) is 5.82 Å². The highest BCUT2D eigenvalue weighted by molar-refractivity contribution is 5.48. The molecule has 0 spiro atoms. The highest BCUT2D eigenvalue weighted by Gasteiger charge is 2.34. The Bertz CT molecular complexity index is 374. The molecule has 1 N–H and O–H groups in total. The standard InChI is InChI=1S/C13H21N3O2/c1-14-7-10-5-4-6-15-13(10)16-8-11(17-2)12(9-16)18-3/h4-6,11-12,14H,7-9H2,1-3H3. The van der Waals surface area contributed by atoms with Crippen molar-refractivity contribution >= 4 is 5.82 Å². The Hall–Kier alpha value is -1.17. The third-order valence-corrected chi connectivity index (χ3v) is 3.36. The Morgan fingerprint density at radius 2 is 2.00 bits per heavy atom. The van der Waals surface area contributed by atoms with E-state index in [0.717, 1.165) is 25.5 Å². The van der Waals surface area contributed by atoms with E-state index in [2.05, 4.69) is 21.3 Å². The molecule has 18 heavy (non-hydrogen) atoms. The first-order valence-electron chi connectivity index (χ1n) is 6.19. The Morgan fingerprint density at radius 3 is 2.56 bits per heavy atom. The van der Waals surface area contributed by atoms with Gasteiger partial charge in [0.05, 0.1) is 0 Å². The lowest BCUT2D eigenvalue weighted by atomic mass is 10.2. The predicted octanol–water partition coefficient (Wildman–Crippen LogP) is 0.651. The molecule has 2 heterocycles. The number of hydrogen-bond donors (Lipinski definition) is 1. The smallest absolute Gasteiger partial charge is 0.133 e. The molecule has 1 aromatic heterocycles. The lowest BCUT2D eigenvalue weighted by molar-refractivity contribution is -0.00461. The molecule has 100 valence electrons. The molecule has 1 fully saturated rings. The molecule has 2 rings (SSSR count). The lowest BCUT2D eigenvalue weighted by Crippen LogP contribution is -2.27. The van der Waals surface area contributed by atoms with Gasteiger partial charge in [0.25, 0.3) is 0 Å². The summed E-state index contributed by atoms with van der Waals surface area (Å²) in [5.74, 6) is 1.02. The fourth-order valence-electron chi connectivity index (χ4n) is 2.41. The van der Waals surface area contributed by atoms with Crippen molar-refractivity contribution in [3.63, 3.8) is 0 Å². The van der Waals surface area contributed by atoms with E-state index >= 15 is 0 Å². The van der Waals surface area contributed by atoms with E-state index in [9.17, 15) is 0 Å². The van der Waals surface area contributed by atoms with E-state index in [4.69, 9.17) is 9.47 Å². The van der Waals surface area contributed by atoms with E-state index in [-0.39, 0.29) is 12.2 Å². The summed E-state index contributed by atoms with van der Waals surface area (Å²) in [4.78, 5) is 6.72. The van der Waals surface area contributed by atoms with Gasteiger partial charge >= 0.3 is 0 Å². The zero-order valence-electron chi connectivity index (χ0n) is 11.2. The summed E-state index contributed by atoms with van der Waals surface area (Å²) in [7, 11) is 5.40. The number of nitrogens with zero attached hydrogens (tertiary/aromatic N) is 2. The lowest BCUT2D eigenvalue weighted by Gasteiger charge is -2.20. The maximum absolute atomic E-state index is 5.46. The first-order chi connectivity index (χ1) is 8.80. The van der Waals surface area contributed by atoms with Gasteiger partial charge in [0.2, 0.25) is 0 Å². The van der Waals surface area contributed by atoms with Crippen molar-refractivity contribution in [2.24, 2.45) is 0 Å². The fourth-order valence-corrected chi connectivity index (χ4v) is 2.41. The molecule has 0 amide bonds. The fraction of sp³-hybridized carbons (Fsp3) is 0.615. The van der Waals surface area contributed by atoms with Crippen LogP contribution in [0.5, 0.6) is 0 Å². The number of pyridine rings is 1. The maximum Gasteiger partial charge on any atom is 0.133 e. The van der Waals surface area contributed by atoms with Gasteiger partial charge in [0.1, 0.15) is 18.0 Å². The van der Waals surface area contributed by atoms with Crippen molar-refractivity contribution in [1.82, 2.24) is 10.3 Å². The van der Waals surface area contributed by atoms with Gasteiger partial charge in [-0.3, -0.25) is 0 Å². The SMILES string of the molecule is CNCc1cccnc1N1CC(OC)C(OC)C1. The minimum atomic E-state index is 0.111. The second-order valence-electron chi connectivity index (χ2n) is 4.47. The van der Waals surface area contributed by atoms with Gasteiger partial charge in [-0.25, -0.2) is 4.98 Å². The van der Waals surface area contributed by atoms with Crippen LogP contribution in [0.15, 0.2) is 18.3 Å². The van der Waals surface area contributed by atoms with Crippen molar-refractivity contribution in [1.29, 1.82) is 0 Å². The van der Waals surface area contributed by atoms with Gasteiger partial charge in [-0.05, 0) is 13.1 Å². The topological polar surface area (TPSA) is 46.6 Å². The predicted molar refractivity (Wildman–Crippen MR) is 70.8 cm³/mol. The summed E-state index contributed by atoms with van der Waals surface area (Å²) < 4.78 is 10.9. The summed E-state index contributed by atoms with van der Waals surface area (Å²) in [6.07, 6.45) is 2.05. The molecular formula is C13H21N3O2. The zero-order chi connectivity index (χ0) is 13.0. The van der Waals surface area contributed by atoms with Crippen molar-refractivity contribution in [3.8, 4) is 0 Å². The van der Waals surface area contributed by atoms with E-state index in [1.165, 1.54) is 5.56 Å².